The van der Waals surface area contributed by atoms with Crippen molar-refractivity contribution in [1.82, 2.24) is 20.4 Å². The van der Waals surface area contributed by atoms with E-state index in [1.54, 1.807) is 24.0 Å². The maximum Gasteiger partial charge on any atom is 0.242 e. The second kappa shape index (κ2) is 7.13. The summed E-state index contributed by atoms with van der Waals surface area (Å²) in [6, 6.07) is 2.54. The van der Waals surface area contributed by atoms with Crippen molar-refractivity contribution in [2.75, 3.05) is 11.4 Å². The summed E-state index contributed by atoms with van der Waals surface area (Å²) in [5, 5.41) is 6.74. The molecule has 0 bridgehead atoms. The number of morpholine rings is 1. The fourth-order valence-corrected chi connectivity index (χ4v) is 5.76. The molecule has 5 heterocycles. The number of anilines is 1. The fourth-order valence-electron chi connectivity index (χ4n) is 5.76. The van der Waals surface area contributed by atoms with Crippen molar-refractivity contribution in [2.24, 2.45) is 5.41 Å². The molecule has 10 nitrogen and oxygen atoms in total. The first-order chi connectivity index (χ1) is 16.3. The largest absolute Gasteiger partial charge is 0.372 e. The number of piperidine rings is 1. The molecule has 0 aliphatic carbocycles. The van der Waals surface area contributed by atoms with E-state index in [1.807, 2.05) is 6.92 Å². The Bertz CT molecular complexity index is 1350. The molecule has 6 rings (SSSR count). The first kappa shape index (κ1) is 20.8. The summed E-state index contributed by atoms with van der Waals surface area (Å²) in [7, 11) is 0. The number of hydrogen-bond acceptors (Lipinski definition) is 9. The number of benzene rings is 1. The van der Waals surface area contributed by atoms with E-state index < -0.39 is 47.4 Å². The van der Waals surface area contributed by atoms with Crippen LogP contribution in [-0.4, -0.2) is 57.5 Å². The molecule has 3 aromatic rings. The standard InChI is InChI=1S/C23H20FN5O5/c1-10-8-29-19-12(5-13-18(14-3-4-25-9-26-14)28-34-20(13)17(19)24)7-23(21(29)11(2)33-10)15(30)6-16(31)27-22(23)32/h3-5,9-11,21H,6-8H2,1-2H3,(H,27,31,32)/t10-,11+,21-,23?/m0/s1. The van der Waals surface area contributed by atoms with Gasteiger partial charge in [0.1, 0.15) is 17.4 Å². The summed E-state index contributed by atoms with van der Waals surface area (Å²) in [4.78, 5) is 48.4. The molecular formula is C23H20FN5O5. The highest BCUT2D eigenvalue weighted by atomic mass is 19.1. The van der Waals surface area contributed by atoms with E-state index in [-0.39, 0.29) is 30.3 Å². The highest BCUT2D eigenvalue weighted by Gasteiger charge is 2.62. The Morgan fingerprint density at radius 3 is 2.82 bits per heavy atom. The molecule has 3 aliphatic rings. The molecule has 2 saturated heterocycles. The third-order valence-corrected chi connectivity index (χ3v) is 7.00. The minimum Gasteiger partial charge on any atom is -0.372 e. The van der Waals surface area contributed by atoms with Crippen LogP contribution in [0.1, 0.15) is 25.8 Å². The second-order valence-electron chi connectivity index (χ2n) is 9.08. The lowest BCUT2D eigenvalue weighted by Gasteiger charge is -2.55. The Morgan fingerprint density at radius 2 is 2.09 bits per heavy atom. The van der Waals surface area contributed by atoms with Crippen LogP contribution in [0.2, 0.25) is 0 Å². The zero-order chi connectivity index (χ0) is 23.8. The Labute approximate surface area is 192 Å². The second-order valence-corrected chi connectivity index (χ2v) is 9.08. The molecule has 3 aliphatic heterocycles. The van der Waals surface area contributed by atoms with Crippen molar-refractivity contribution in [3.8, 4) is 11.4 Å². The third-order valence-electron chi connectivity index (χ3n) is 7.00. The molecule has 0 saturated carbocycles. The number of carbonyl (C=O) groups is 3. The summed E-state index contributed by atoms with van der Waals surface area (Å²) in [5.41, 5.74) is -0.140. The van der Waals surface area contributed by atoms with Gasteiger partial charge in [0.15, 0.2) is 11.6 Å². The van der Waals surface area contributed by atoms with Gasteiger partial charge in [0, 0.05) is 12.7 Å². The average Bonchev–Trinajstić information content (AvgIpc) is 3.21. The van der Waals surface area contributed by atoms with Crippen LogP contribution in [0, 0.1) is 11.2 Å². The highest BCUT2D eigenvalue weighted by molar-refractivity contribution is 6.22. The number of Topliss-reactive ketones (excluding diaryl/α,β-unsaturated/α-hetero) is 1. The van der Waals surface area contributed by atoms with Crippen LogP contribution in [0.15, 0.2) is 29.2 Å². The minimum absolute atomic E-state index is 0.0385. The van der Waals surface area contributed by atoms with Gasteiger partial charge in [0.25, 0.3) is 0 Å². The number of carbonyl (C=O) groups excluding carboxylic acids is 3. The number of nitrogens with zero attached hydrogens (tertiary/aromatic N) is 4. The maximum absolute atomic E-state index is 16.0. The summed E-state index contributed by atoms with van der Waals surface area (Å²) in [6.07, 6.45) is 1.54. The number of halogens is 1. The van der Waals surface area contributed by atoms with E-state index in [2.05, 4.69) is 20.4 Å². The summed E-state index contributed by atoms with van der Waals surface area (Å²) >= 11 is 0. The molecule has 4 atom stereocenters. The first-order valence-corrected chi connectivity index (χ1v) is 11.0. The topological polar surface area (TPSA) is 128 Å². The summed E-state index contributed by atoms with van der Waals surface area (Å²) in [6.45, 7) is 3.86. The van der Waals surface area contributed by atoms with Gasteiger partial charge >= 0.3 is 0 Å². The Hall–Kier alpha value is -3.73. The van der Waals surface area contributed by atoms with Crippen LogP contribution >= 0.6 is 0 Å². The quantitative estimate of drug-likeness (QED) is 0.421. The van der Waals surface area contributed by atoms with Gasteiger partial charge in [-0.2, -0.15) is 0 Å². The van der Waals surface area contributed by atoms with Crippen molar-refractivity contribution in [1.29, 1.82) is 0 Å². The van der Waals surface area contributed by atoms with Crippen LogP contribution in [-0.2, 0) is 25.5 Å². The molecular weight excluding hydrogens is 445 g/mol. The molecule has 11 heteroatoms. The minimum atomic E-state index is -1.59. The number of fused-ring (bicyclic) bond motifs is 5. The normalized spacial score (nSPS) is 28.7. The van der Waals surface area contributed by atoms with Gasteiger partial charge < -0.3 is 14.2 Å². The number of imide groups is 1. The predicted molar refractivity (Wildman–Crippen MR) is 115 cm³/mol. The van der Waals surface area contributed by atoms with Gasteiger partial charge in [0.2, 0.25) is 17.4 Å². The molecule has 2 aromatic heterocycles. The fraction of sp³-hybridized carbons (Fsp3) is 0.391. The van der Waals surface area contributed by atoms with Crippen LogP contribution in [0.25, 0.3) is 22.4 Å². The molecule has 1 aromatic carbocycles. The van der Waals surface area contributed by atoms with Gasteiger partial charge in [-0.15, -0.1) is 0 Å². The molecule has 0 radical (unpaired) electrons. The van der Waals surface area contributed by atoms with Crippen LogP contribution in [0.5, 0.6) is 0 Å². The van der Waals surface area contributed by atoms with Crippen molar-refractivity contribution in [3.05, 3.63) is 36.0 Å². The number of ether oxygens (including phenoxy) is 1. The SMILES string of the molecule is C[C@H]1CN2c3c(cc4c(-c5ccncn5)noc4c3F)CC3(C(=O)CC(=O)NC3=O)[C@@H]2[C@@H](C)O1. The number of rotatable bonds is 1. The number of nitrogens with one attached hydrogen (secondary N) is 1. The average molecular weight is 465 g/mol. The van der Waals surface area contributed by atoms with Crippen molar-refractivity contribution >= 4 is 34.3 Å². The summed E-state index contributed by atoms with van der Waals surface area (Å²) in [5.74, 6) is -2.43. The van der Waals surface area contributed by atoms with Gasteiger partial charge in [-0.25, -0.2) is 14.4 Å². The van der Waals surface area contributed by atoms with Crippen LogP contribution < -0.4 is 10.2 Å². The Kier molecular flexibility index (Phi) is 4.37. The number of ketones is 1. The highest BCUT2D eigenvalue weighted by Crippen LogP contribution is 2.50. The number of amides is 2. The van der Waals surface area contributed by atoms with Gasteiger partial charge in [-0.1, -0.05) is 5.16 Å². The van der Waals surface area contributed by atoms with E-state index in [0.717, 1.165) is 0 Å². The van der Waals surface area contributed by atoms with E-state index >= 15 is 4.39 Å². The Morgan fingerprint density at radius 1 is 1.26 bits per heavy atom. The molecule has 2 amide bonds. The third kappa shape index (κ3) is 2.70. The van der Waals surface area contributed by atoms with Crippen molar-refractivity contribution in [3.63, 3.8) is 0 Å². The smallest absolute Gasteiger partial charge is 0.242 e. The van der Waals surface area contributed by atoms with Gasteiger partial charge in [-0.3, -0.25) is 19.7 Å². The van der Waals surface area contributed by atoms with Crippen molar-refractivity contribution < 1.29 is 28.0 Å². The molecule has 174 valence electrons. The molecule has 1 N–H and O–H groups in total. The molecule has 1 unspecified atom stereocenters. The number of hydrogen-bond donors (Lipinski definition) is 1. The number of aromatic nitrogens is 3. The Balaban J connectivity index is 1.61. The van der Waals surface area contributed by atoms with E-state index in [0.29, 0.717) is 22.3 Å². The van der Waals surface area contributed by atoms with Gasteiger partial charge in [-0.05, 0) is 38.0 Å². The monoisotopic (exact) mass is 465 g/mol. The molecule has 2 fully saturated rings. The lowest BCUT2D eigenvalue weighted by atomic mass is 9.63. The maximum atomic E-state index is 16.0. The zero-order valence-corrected chi connectivity index (χ0v) is 18.4. The molecule has 34 heavy (non-hydrogen) atoms. The predicted octanol–water partition coefficient (Wildman–Crippen LogP) is 1.56. The lowest BCUT2D eigenvalue weighted by Crippen LogP contribution is -2.72. The summed E-state index contributed by atoms with van der Waals surface area (Å²) < 4.78 is 27.4. The molecule has 1 spiro atoms. The van der Waals surface area contributed by atoms with E-state index in [1.165, 1.54) is 12.5 Å². The van der Waals surface area contributed by atoms with Gasteiger partial charge in [0.05, 0.1) is 41.4 Å². The van der Waals surface area contributed by atoms with Crippen LogP contribution in [0.3, 0.4) is 0 Å². The van der Waals surface area contributed by atoms with E-state index in [4.69, 9.17) is 9.26 Å². The lowest BCUT2D eigenvalue weighted by molar-refractivity contribution is -0.158. The van der Waals surface area contributed by atoms with Crippen molar-refractivity contribution in [2.45, 2.75) is 44.9 Å². The first-order valence-electron chi connectivity index (χ1n) is 11.0. The van der Waals surface area contributed by atoms with E-state index in [9.17, 15) is 14.4 Å². The van der Waals surface area contributed by atoms with Crippen LogP contribution in [0.4, 0.5) is 10.1 Å². The zero-order valence-electron chi connectivity index (χ0n) is 18.4.